The Kier molecular flexibility index (Phi) is 6.43. The highest BCUT2D eigenvalue weighted by atomic mass is 19.1. The van der Waals surface area contributed by atoms with Gasteiger partial charge in [0, 0.05) is 18.9 Å². The van der Waals surface area contributed by atoms with Crippen LogP contribution in [0, 0.1) is 5.82 Å². The predicted molar refractivity (Wildman–Crippen MR) is 130 cm³/mol. The minimum absolute atomic E-state index is 0.0742. The predicted octanol–water partition coefficient (Wildman–Crippen LogP) is 5.15. The van der Waals surface area contributed by atoms with Crippen LogP contribution in [0.25, 0.3) is 5.76 Å². The number of methoxy groups -OCH3 is 1. The number of rotatable bonds is 5. The van der Waals surface area contributed by atoms with Gasteiger partial charge in [0.1, 0.15) is 17.3 Å². The van der Waals surface area contributed by atoms with Crippen LogP contribution in [0.1, 0.15) is 49.1 Å². The van der Waals surface area contributed by atoms with E-state index < -0.39 is 23.5 Å². The minimum Gasteiger partial charge on any atom is -0.507 e. The van der Waals surface area contributed by atoms with Gasteiger partial charge in [-0.05, 0) is 52.4 Å². The monoisotopic (exact) mass is 474 g/mol. The van der Waals surface area contributed by atoms with Crippen molar-refractivity contribution in [2.24, 2.45) is 0 Å². The molecule has 0 saturated carbocycles. The van der Waals surface area contributed by atoms with E-state index in [0.29, 0.717) is 22.4 Å². The fourth-order valence-electron chi connectivity index (χ4n) is 4.23. The van der Waals surface area contributed by atoms with Gasteiger partial charge in [0.15, 0.2) is 0 Å². The number of carbonyl (C=O) groups is 2. The van der Waals surface area contributed by atoms with Crippen LogP contribution in [-0.4, -0.2) is 33.8 Å². The number of likely N-dealkylation sites (tertiary alicyclic amines) is 1. The first kappa shape index (κ1) is 24.1. The van der Waals surface area contributed by atoms with Crippen LogP contribution in [0.15, 0.2) is 72.6 Å². The van der Waals surface area contributed by atoms with Crippen molar-refractivity contribution in [2.45, 2.75) is 38.8 Å². The van der Waals surface area contributed by atoms with Gasteiger partial charge >= 0.3 is 0 Å². The lowest BCUT2D eigenvalue weighted by Gasteiger charge is -2.26. The van der Waals surface area contributed by atoms with Gasteiger partial charge in [0.05, 0.1) is 24.3 Å². The largest absolute Gasteiger partial charge is 0.507 e. The summed E-state index contributed by atoms with van der Waals surface area (Å²) < 4.78 is 19.2. The van der Waals surface area contributed by atoms with Crippen molar-refractivity contribution in [3.05, 3.63) is 101 Å². The topological polar surface area (TPSA) is 79.7 Å². The van der Waals surface area contributed by atoms with Crippen LogP contribution in [-0.2, 0) is 21.5 Å². The van der Waals surface area contributed by atoms with Gasteiger partial charge in [0.25, 0.3) is 11.7 Å². The molecule has 1 N–H and O–H groups in total. The molecule has 1 aromatic heterocycles. The minimum atomic E-state index is -0.918. The van der Waals surface area contributed by atoms with Gasteiger partial charge in [-0.15, -0.1) is 0 Å². The smallest absolute Gasteiger partial charge is 0.295 e. The third kappa shape index (κ3) is 4.67. The molecule has 0 bridgehead atoms. The number of carbonyl (C=O) groups excluding carboxylic acids is 2. The van der Waals surface area contributed by atoms with E-state index in [9.17, 15) is 19.1 Å². The average molecular weight is 475 g/mol. The molecule has 3 aromatic rings. The van der Waals surface area contributed by atoms with E-state index in [-0.39, 0.29) is 23.3 Å². The second kappa shape index (κ2) is 9.33. The molecule has 1 fully saturated rings. The van der Waals surface area contributed by atoms with Crippen molar-refractivity contribution in [3.63, 3.8) is 0 Å². The molecular formula is C28H27FN2O4. The number of hydrogen-bond acceptors (Lipinski definition) is 5. The van der Waals surface area contributed by atoms with Gasteiger partial charge in [-0.2, -0.15) is 0 Å². The number of nitrogens with zero attached hydrogens (tertiary/aromatic N) is 2. The quantitative estimate of drug-likeness (QED) is 0.314. The number of Topliss-reactive ketones (excluding diaryl/α,β-unsaturated/α-hetero) is 1. The lowest BCUT2D eigenvalue weighted by atomic mass is 9.85. The van der Waals surface area contributed by atoms with E-state index in [2.05, 4.69) is 4.98 Å². The Hall–Kier alpha value is -4.00. The van der Waals surface area contributed by atoms with E-state index >= 15 is 0 Å². The fraction of sp³-hybridized carbons (Fsp3) is 0.250. The van der Waals surface area contributed by atoms with Crippen molar-refractivity contribution < 1.29 is 23.8 Å². The molecule has 1 unspecified atom stereocenters. The summed E-state index contributed by atoms with van der Waals surface area (Å²) in [5.41, 5.74) is 2.14. The molecule has 35 heavy (non-hydrogen) atoms. The number of ether oxygens (including phenoxy) is 1. The lowest BCUT2D eigenvalue weighted by Crippen LogP contribution is -2.29. The Bertz CT molecular complexity index is 1290. The summed E-state index contributed by atoms with van der Waals surface area (Å²) >= 11 is 0. The standard InChI is InChI=1S/C28H27FN2O4/c1-28(2,3)19-9-12-22(35-4)21(14-19)25(32)23-24(18-7-10-20(29)11-8-18)31(27(34)26(23)33)16-17-6-5-13-30-15-17/h5-15,24,32H,16H2,1-4H3/b25-23+. The molecule has 1 aliphatic rings. The van der Waals surface area contributed by atoms with Crippen LogP contribution in [0.2, 0.25) is 0 Å². The summed E-state index contributed by atoms with van der Waals surface area (Å²) in [6, 6.07) is 13.6. The number of amides is 1. The zero-order valence-electron chi connectivity index (χ0n) is 20.1. The van der Waals surface area contributed by atoms with Crippen molar-refractivity contribution >= 4 is 17.4 Å². The van der Waals surface area contributed by atoms with Gasteiger partial charge in [-0.3, -0.25) is 14.6 Å². The lowest BCUT2D eigenvalue weighted by molar-refractivity contribution is -0.140. The Morgan fingerprint density at radius 3 is 2.43 bits per heavy atom. The van der Waals surface area contributed by atoms with Gasteiger partial charge in [0.2, 0.25) is 0 Å². The molecule has 0 radical (unpaired) electrons. The molecule has 7 heteroatoms. The van der Waals surface area contributed by atoms with E-state index in [4.69, 9.17) is 4.74 Å². The number of benzene rings is 2. The summed E-state index contributed by atoms with van der Waals surface area (Å²) in [6.07, 6.45) is 3.22. The number of aliphatic hydroxyl groups excluding tert-OH is 1. The fourth-order valence-corrected chi connectivity index (χ4v) is 4.23. The maximum atomic E-state index is 13.7. The van der Waals surface area contributed by atoms with Crippen molar-refractivity contribution in [1.82, 2.24) is 9.88 Å². The normalized spacial score (nSPS) is 17.6. The van der Waals surface area contributed by atoms with Crippen molar-refractivity contribution in [1.29, 1.82) is 0 Å². The zero-order chi connectivity index (χ0) is 25.3. The third-order valence-electron chi connectivity index (χ3n) is 6.12. The van der Waals surface area contributed by atoms with Gasteiger partial charge in [-0.25, -0.2) is 4.39 Å². The van der Waals surface area contributed by atoms with Crippen LogP contribution >= 0.6 is 0 Å². The second-order valence-corrected chi connectivity index (χ2v) is 9.50. The first-order valence-corrected chi connectivity index (χ1v) is 11.2. The Balaban J connectivity index is 1.92. The van der Waals surface area contributed by atoms with Crippen LogP contribution in [0.4, 0.5) is 4.39 Å². The number of aromatic nitrogens is 1. The number of halogens is 1. The first-order chi connectivity index (χ1) is 16.6. The summed E-state index contributed by atoms with van der Waals surface area (Å²) in [4.78, 5) is 32.0. The van der Waals surface area contributed by atoms with Crippen LogP contribution < -0.4 is 4.74 Å². The molecule has 1 amide bonds. The van der Waals surface area contributed by atoms with Gasteiger partial charge in [-0.1, -0.05) is 45.0 Å². The number of aliphatic hydroxyl groups is 1. The molecule has 0 spiro atoms. The molecular weight excluding hydrogens is 447 g/mol. The third-order valence-corrected chi connectivity index (χ3v) is 6.12. The van der Waals surface area contributed by atoms with Crippen LogP contribution in [0.5, 0.6) is 5.75 Å². The molecule has 180 valence electrons. The average Bonchev–Trinajstić information content (AvgIpc) is 3.08. The highest BCUT2D eigenvalue weighted by Crippen LogP contribution is 2.42. The highest BCUT2D eigenvalue weighted by molar-refractivity contribution is 6.46. The summed E-state index contributed by atoms with van der Waals surface area (Å²) in [6.45, 7) is 6.19. The number of pyridine rings is 1. The summed E-state index contributed by atoms with van der Waals surface area (Å²) in [7, 11) is 1.47. The van der Waals surface area contributed by atoms with E-state index in [0.717, 1.165) is 5.56 Å². The molecule has 1 aliphatic heterocycles. The molecule has 2 aromatic carbocycles. The Labute approximate surface area is 203 Å². The number of ketones is 1. The summed E-state index contributed by atoms with van der Waals surface area (Å²) in [5.74, 6) is -1.99. The first-order valence-electron chi connectivity index (χ1n) is 11.2. The SMILES string of the molecule is COc1ccc(C(C)(C)C)cc1/C(O)=C1\C(=O)C(=O)N(Cc2cccnc2)C1c1ccc(F)cc1. The molecule has 1 atom stereocenters. The molecule has 0 aliphatic carbocycles. The molecule has 4 rings (SSSR count). The van der Waals surface area contributed by atoms with E-state index in [1.54, 1.807) is 36.7 Å². The van der Waals surface area contributed by atoms with E-state index in [1.807, 2.05) is 26.8 Å². The zero-order valence-corrected chi connectivity index (χ0v) is 20.1. The highest BCUT2D eigenvalue weighted by Gasteiger charge is 2.46. The van der Waals surface area contributed by atoms with E-state index in [1.165, 1.54) is 36.3 Å². The van der Waals surface area contributed by atoms with Crippen molar-refractivity contribution in [2.75, 3.05) is 7.11 Å². The summed E-state index contributed by atoms with van der Waals surface area (Å²) in [5, 5.41) is 11.5. The Morgan fingerprint density at radius 1 is 1.11 bits per heavy atom. The number of hydrogen-bond donors (Lipinski definition) is 1. The molecule has 1 saturated heterocycles. The van der Waals surface area contributed by atoms with Gasteiger partial charge < -0.3 is 14.7 Å². The molecule has 2 heterocycles. The molecule has 6 nitrogen and oxygen atoms in total. The second-order valence-electron chi connectivity index (χ2n) is 9.50. The maximum absolute atomic E-state index is 13.7. The van der Waals surface area contributed by atoms with Crippen molar-refractivity contribution in [3.8, 4) is 5.75 Å². The Morgan fingerprint density at radius 2 is 1.83 bits per heavy atom. The van der Waals surface area contributed by atoms with Crippen LogP contribution in [0.3, 0.4) is 0 Å². The maximum Gasteiger partial charge on any atom is 0.295 e.